The Hall–Kier alpha value is -2.87. The maximum Gasteiger partial charge on any atom is 0.195 e. The van der Waals surface area contributed by atoms with Crippen LogP contribution in [-0.2, 0) is 6.54 Å². The van der Waals surface area contributed by atoms with Gasteiger partial charge >= 0.3 is 0 Å². The Kier molecular flexibility index (Phi) is 4.53. The molecule has 0 aromatic heterocycles. The number of rotatable bonds is 5. The molecule has 0 heterocycles. The number of benzene rings is 3. The van der Waals surface area contributed by atoms with Crippen LogP contribution in [0.4, 0.5) is 5.69 Å². The summed E-state index contributed by atoms with van der Waals surface area (Å²) in [4.78, 5) is 12.7. The van der Waals surface area contributed by atoms with Crippen molar-refractivity contribution in [3.63, 3.8) is 0 Å². The predicted molar refractivity (Wildman–Crippen MR) is 94.8 cm³/mol. The van der Waals surface area contributed by atoms with Gasteiger partial charge in [-0.1, -0.05) is 66.7 Å². The van der Waals surface area contributed by atoms with Crippen molar-refractivity contribution >= 4 is 11.5 Å². The Morgan fingerprint density at radius 3 is 2.26 bits per heavy atom. The molecule has 3 aromatic rings. The molecule has 2 heteroatoms. The van der Waals surface area contributed by atoms with Crippen molar-refractivity contribution in [3.8, 4) is 0 Å². The van der Waals surface area contributed by atoms with E-state index in [-0.39, 0.29) is 5.78 Å². The number of hydrogen-bond acceptors (Lipinski definition) is 2. The Labute approximate surface area is 136 Å². The molecule has 0 aliphatic heterocycles. The maximum absolute atomic E-state index is 12.7. The third-order valence-corrected chi connectivity index (χ3v) is 3.94. The molecule has 3 rings (SSSR count). The fourth-order valence-corrected chi connectivity index (χ4v) is 2.58. The first-order chi connectivity index (χ1) is 11.3. The molecule has 1 N–H and O–H groups in total. The minimum atomic E-state index is 0.0403. The van der Waals surface area contributed by atoms with Crippen molar-refractivity contribution in [1.29, 1.82) is 0 Å². The van der Waals surface area contributed by atoms with E-state index in [0.29, 0.717) is 17.7 Å². The van der Waals surface area contributed by atoms with Gasteiger partial charge in [-0.2, -0.15) is 0 Å². The summed E-state index contributed by atoms with van der Waals surface area (Å²) in [5.74, 6) is 0.0403. The first-order valence-electron chi connectivity index (χ1n) is 7.73. The molecule has 0 aliphatic carbocycles. The van der Waals surface area contributed by atoms with Gasteiger partial charge in [0.15, 0.2) is 5.78 Å². The summed E-state index contributed by atoms with van der Waals surface area (Å²) in [5.41, 5.74) is 4.75. The zero-order valence-corrected chi connectivity index (χ0v) is 13.1. The lowest BCUT2D eigenvalue weighted by Crippen LogP contribution is -2.08. The van der Waals surface area contributed by atoms with Gasteiger partial charge in [0.25, 0.3) is 0 Å². The molecule has 0 atom stereocenters. The van der Waals surface area contributed by atoms with E-state index in [4.69, 9.17) is 0 Å². The van der Waals surface area contributed by atoms with Gasteiger partial charge in [-0.15, -0.1) is 0 Å². The van der Waals surface area contributed by atoms with Crippen LogP contribution in [0.15, 0.2) is 78.9 Å². The smallest absolute Gasteiger partial charge is 0.195 e. The monoisotopic (exact) mass is 301 g/mol. The Bertz CT molecular complexity index is 809. The van der Waals surface area contributed by atoms with Crippen LogP contribution < -0.4 is 5.32 Å². The van der Waals surface area contributed by atoms with Crippen LogP contribution >= 0.6 is 0 Å². The van der Waals surface area contributed by atoms with Crippen LogP contribution in [0.1, 0.15) is 27.0 Å². The minimum Gasteiger partial charge on any atom is -0.380 e. The molecule has 114 valence electrons. The average Bonchev–Trinajstić information content (AvgIpc) is 2.61. The van der Waals surface area contributed by atoms with Crippen molar-refractivity contribution in [3.05, 3.63) is 101 Å². The molecule has 0 bridgehead atoms. The molecule has 3 aromatic carbocycles. The van der Waals surface area contributed by atoms with Gasteiger partial charge < -0.3 is 5.32 Å². The topological polar surface area (TPSA) is 29.1 Å². The third-order valence-electron chi connectivity index (χ3n) is 3.94. The highest BCUT2D eigenvalue weighted by atomic mass is 16.1. The van der Waals surface area contributed by atoms with E-state index in [1.54, 1.807) is 0 Å². The van der Waals surface area contributed by atoms with Crippen molar-refractivity contribution in [2.24, 2.45) is 0 Å². The predicted octanol–water partition coefficient (Wildman–Crippen LogP) is 4.84. The van der Waals surface area contributed by atoms with Crippen molar-refractivity contribution in [2.45, 2.75) is 13.5 Å². The summed E-state index contributed by atoms with van der Waals surface area (Å²) < 4.78 is 0. The zero-order valence-electron chi connectivity index (χ0n) is 13.1. The number of para-hydroxylation sites is 1. The van der Waals surface area contributed by atoms with Crippen LogP contribution in [0.2, 0.25) is 0 Å². The number of anilines is 1. The van der Waals surface area contributed by atoms with E-state index in [9.17, 15) is 4.79 Å². The van der Waals surface area contributed by atoms with E-state index in [2.05, 4.69) is 24.4 Å². The van der Waals surface area contributed by atoms with Crippen molar-refractivity contribution in [2.75, 3.05) is 5.32 Å². The van der Waals surface area contributed by atoms with Gasteiger partial charge in [0.2, 0.25) is 0 Å². The quantitative estimate of drug-likeness (QED) is 0.683. The van der Waals surface area contributed by atoms with E-state index in [1.807, 2.05) is 66.7 Å². The van der Waals surface area contributed by atoms with Crippen LogP contribution in [0.5, 0.6) is 0 Å². The maximum atomic E-state index is 12.7. The lowest BCUT2D eigenvalue weighted by atomic mass is 10.0. The summed E-state index contributed by atoms with van der Waals surface area (Å²) >= 11 is 0. The second-order valence-corrected chi connectivity index (χ2v) is 5.52. The van der Waals surface area contributed by atoms with Crippen molar-refractivity contribution < 1.29 is 4.79 Å². The lowest BCUT2D eigenvalue weighted by Gasteiger charge is -2.13. The first-order valence-corrected chi connectivity index (χ1v) is 7.73. The number of ketones is 1. The van der Waals surface area contributed by atoms with E-state index in [0.717, 1.165) is 5.69 Å². The van der Waals surface area contributed by atoms with Gasteiger partial charge in [0.05, 0.1) is 0 Å². The van der Waals surface area contributed by atoms with Gasteiger partial charge in [-0.05, 0) is 30.2 Å². The Morgan fingerprint density at radius 2 is 1.48 bits per heavy atom. The molecule has 0 saturated heterocycles. The average molecular weight is 301 g/mol. The standard InChI is InChI=1S/C21H19NO/c1-16-9-5-6-12-18(16)15-22-20-14-8-7-13-19(20)21(23)17-10-3-2-4-11-17/h2-14,22H,15H2,1H3. The number of carbonyl (C=O) groups is 1. The van der Waals surface area contributed by atoms with Crippen LogP contribution in [0, 0.1) is 6.92 Å². The summed E-state index contributed by atoms with van der Waals surface area (Å²) in [5, 5.41) is 3.40. The zero-order chi connectivity index (χ0) is 16.1. The van der Waals surface area contributed by atoms with Gasteiger partial charge in [0, 0.05) is 23.4 Å². The number of carbonyl (C=O) groups excluding carboxylic acids is 1. The van der Waals surface area contributed by atoms with E-state index in [1.165, 1.54) is 11.1 Å². The summed E-state index contributed by atoms with van der Waals surface area (Å²) in [6, 6.07) is 25.3. The SMILES string of the molecule is Cc1ccccc1CNc1ccccc1C(=O)c1ccccc1. The molecule has 0 amide bonds. The molecule has 0 spiro atoms. The molecule has 0 saturated carbocycles. The first kappa shape index (κ1) is 15.0. The molecule has 2 nitrogen and oxygen atoms in total. The highest BCUT2D eigenvalue weighted by molar-refractivity contribution is 6.12. The molecule has 0 unspecified atom stereocenters. The minimum absolute atomic E-state index is 0.0403. The molecule has 0 fully saturated rings. The van der Waals surface area contributed by atoms with E-state index < -0.39 is 0 Å². The van der Waals surface area contributed by atoms with Crippen molar-refractivity contribution in [1.82, 2.24) is 0 Å². The fraction of sp³-hybridized carbons (Fsp3) is 0.0952. The van der Waals surface area contributed by atoms with Gasteiger partial charge in [0.1, 0.15) is 0 Å². The van der Waals surface area contributed by atoms with E-state index >= 15 is 0 Å². The van der Waals surface area contributed by atoms with Gasteiger partial charge in [-0.3, -0.25) is 4.79 Å². The highest BCUT2D eigenvalue weighted by Crippen LogP contribution is 2.20. The number of hydrogen-bond donors (Lipinski definition) is 1. The molecule has 0 aliphatic rings. The molecule has 0 radical (unpaired) electrons. The Morgan fingerprint density at radius 1 is 0.826 bits per heavy atom. The highest BCUT2D eigenvalue weighted by Gasteiger charge is 2.12. The molecule has 23 heavy (non-hydrogen) atoms. The normalized spacial score (nSPS) is 10.3. The number of nitrogens with one attached hydrogen (secondary N) is 1. The van der Waals surface area contributed by atoms with Crippen LogP contribution in [-0.4, -0.2) is 5.78 Å². The summed E-state index contributed by atoms with van der Waals surface area (Å²) in [6.07, 6.45) is 0. The van der Waals surface area contributed by atoms with Crippen LogP contribution in [0.3, 0.4) is 0 Å². The van der Waals surface area contributed by atoms with Crippen LogP contribution in [0.25, 0.3) is 0 Å². The fourth-order valence-electron chi connectivity index (χ4n) is 2.58. The third kappa shape index (κ3) is 3.49. The second kappa shape index (κ2) is 6.93. The lowest BCUT2D eigenvalue weighted by molar-refractivity contribution is 0.103. The van der Waals surface area contributed by atoms with Gasteiger partial charge in [-0.25, -0.2) is 0 Å². The summed E-state index contributed by atoms with van der Waals surface area (Å²) in [7, 11) is 0. The largest absolute Gasteiger partial charge is 0.380 e. The molecular formula is C21H19NO. The second-order valence-electron chi connectivity index (χ2n) is 5.52. The number of aryl methyl sites for hydroxylation is 1. The summed E-state index contributed by atoms with van der Waals surface area (Å²) in [6.45, 7) is 2.80. The Balaban J connectivity index is 1.84. The molecular weight excluding hydrogens is 282 g/mol.